The molecule has 0 aliphatic carbocycles. The average Bonchev–Trinajstić information content (AvgIpc) is 2.42. The number of fused-ring (bicyclic) bond motifs is 1. The Bertz CT molecular complexity index is 403. The average molecular weight is 199 g/mol. The summed E-state index contributed by atoms with van der Waals surface area (Å²) in [4.78, 5) is 21.4. The first kappa shape index (κ1) is 11.2. The number of hydrogen-bond donors (Lipinski definition) is 1. The minimum absolute atomic E-state index is 0. The summed E-state index contributed by atoms with van der Waals surface area (Å²) in [6, 6.07) is 4.47. The molecule has 0 bridgehead atoms. The molecular weight excluding hydrogens is 193 g/mol. The molecule has 4 nitrogen and oxygen atoms in total. The molecule has 0 saturated carbocycles. The van der Waals surface area contributed by atoms with Crippen molar-refractivity contribution in [2.24, 2.45) is 0 Å². The number of hydrogen-bond acceptors (Lipinski definition) is 3. The molecule has 5 heteroatoms. The van der Waals surface area contributed by atoms with Crippen LogP contribution in [0.1, 0.15) is 15.9 Å². The number of aromatic carboxylic acids is 1. The van der Waals surface area contributed by atoms with Gasteiger partial charge in [0.25, 0.3) is 0 Å². The topological polar surface area (TPSA) is 69.2 Å². The van der Waals surface area contributed by atoms with Gasteiger partial charge in [0.1, 0.15) is 0 Å². The largest absolute Gasteiger partial charge is 1.00 e. The van der Waals surface area contributed by atoms with Crippen LogP contribution in [0.2, 0.25) is 0 Å². The number of carbonyl (C=O) groups is 2. The molecule has 0 fully saturated rings. The molecule has 0 unspecified atom stereocenters. The number of benzene rings is 1. The maximum absolute atomic E-state index is 10.9. The van der Waals surface area contributed by atoms with Crippen LogP contribution in [-0.4, -0.2) is 11.9 Å². The predicted molar refractivity (Wildman–Crippen MR) is 43.1 cm³/mol. The summed E-state index contributed by atoms with van der Waals surface area (Å²) in [5, 5.41) is 13.0. The predicted octanol–water partition coefficient (Wildman–Crippen LogP) is -3.45. The quantitative estimate of drug-likeness (QED) is 0.478. The normalized spacial score (nSPS) is 12.7. The van der Waals surface area contributed by atoms with Gasteiger partial charge < -0.3 is 15.2 Å². The van der Waals surface area contributed by atoms with Crippen molar-refractivity contribution in [3.05, 3.63) is 29.3 Å². The third kappa shape index (κ3) is 1.97. The number of rotatable bonds is 1. The molecule has 14 heavy (non-hydrogen) atoms. The Labute approximate surface area is 103 Å². The van der Waals surface area contributed by atoms with E-state index in [1.54, 1.807) is 6.07 Å². The van der Waals surface area contributed by atoms with Crippen molar-refractivity contribution in [2.45, 2.75) is 6.42 Å². The second kappa shape index (κ2) is 4.13. The molecule has 1 aromatic carbocycles. The summed E-state index contributed by atoms with van der Waals surface area (Å²) in [6.45, 7) is 0. The molecule has 0 atom stereocenters. The summed E-state index contributed by atoms with van der Waals surface area (Å²) in [5.74, 6) is -1.34. The molecule has 1 N–H and O–H groups in total. The Morgan fingerprint density at radius 2 is 2.14 bits per heavy atom. The monoisotopic (exact) mass is 199 g/mol. The van der Waals surface area contributed by atoms with E-state index in [9.17, 15) is 14.7 Å². The zero-order chi connectivity index (χ0) is 9.42. The number of amides is 1. The molecule has 66 valence electrons. The van der Waals surface area contributed by atoms with Crippen LogP contribution in [0.3, 0.4) is 0 Å². The van der Waals surface area contributed by atoms with Gasteiger partial charge in [-0.05, 0) is 17.2 Å². The van der Waals surface area contributed by atoms with E-state index in [2.05, 4.69) is 5.32 Å². The van der Waals surface area contributed by atoms with Crippen LogP contribution in [-0.2, 0) is 11.2 Å². The molecule has 1 amide bonds. The second-order valence-electron chi connectivity index (χ2n) is 2.88. The summed E-state index contributed by atoms with van der Waals surface area (Å²) >= 11 is 0. The van der Waals surface area contributed by atoms with Crippen molar-refractivity contribution in [1.29, 1.82) is 0 Å². The van der Waals surface area contributed by atoms with E-state index in [1.807, 2.05) is 0 Å². The zero-order valence-corrected chi connectivity index (χ0v) is 9.66. The number of anilines is 1. The summed E-state index contributed by atoms with van der Waals surface area (Å²) in [7, 11) is 0. The van der Waals surface area contributed by atoms with E-state index in [1.165, 1.54) is 12.1 Å². The van der Waals surface area contributed by atoms with Crippen LogP contribution >= 0.6 is 0 Å². The summed E-state index contributed by atoms with van der Waals surface area (Å²) < 4.78 is 0. The van der Waals surface area contributed by atoms with Crippen molar-refractivity contribution in [1.82, 2.24) is 0 Å². The van der Waals surface area contributed by atoms with Crippen LogP contribution < -0.4 is 40.0 Å². The Morgan fingerprint density at radius 1 is 1.43 bits per heavy atom. The minimum atomic E-state index is -1.23. The van der Waals surface area contributed by atoms with Gasteiger partial charge in [-0.2, -0.15) is 0 Å². The molecule has 1 heterocycles. The number of nitrogens with one attached hydrogen (secondary N) is 1. The minimum Gasteiger partial charge on any atom is -0.545 e. The van der Waals surface area contributed by atoms with E-state index in [4.69, 9.17) is 0 Å². The molecule has 1 aliphatic rings. The standard InChI is InChI=1S/C9H7NO3.Na/c11-8-4-5-1-2-6(9(12)13)3-7(5)10-8;/h1-3H,4H2,(H,10,11)(H,12,13);/q;+1/p-1. The van der Waals surface area contributed by atoms with Gasteiger partial charge >= 0.3 is 29.6 Å². The zero-order valence-electron chi connectivity index (χ0n) is 7.66. The fourth-order valence-electron chi connectivity index (χ4n) is 1.34. The van der Waals surface area contributed by atoms with E-state index in [-0.39, 0.29) is 41.0 Å². The van der Waals surface area contributed by atoms with Crippen LogP contribution in [0.5, 0.6) is 0 Å². The molecule has 0 saturated heterocycles. The molecule has 2 rings (SSSR count). The Balaban J connectivity index is 0.000000980. The van der Waals surface area contributed by atoms with E-state index in [0.29, 0.717) is 12.1 Å². The first-order chi connectivity index (χ1) is 6.16. The summed E-state index contributed by atoms with van der Waals surface area (Å²) in [6.07, 6.45) is 0.322. The van der Waals surface area contributed by atoms with Crippen molar-refractivity contribution in [3.8, 4) is 0 Å². The maximum Gasteiger partial charge on any atom is 1.00 e. The van der Waals surface area contributed by atoms with Crippen LogP contribution in [0.25, 0.3) is 0 Å². The van der Waals surface area contributed by atoms with E-state index >= 15 is 0 Å². The van der Waals surface area contributed by atoms with Crippen molar-refractivity contribution in [2.75, 3.05) is 5.32 Å². The SMILES string of the molecule is O=C1Cc2ccc(C(=O)[O-])cc2N1.[Na+]. The molecule has 1 aliphatic heterocycles. The first-order valence-corrected chi connectivity index (χ1v) is 3.81. The van der Waals surface area contributed by atoms with Gasteiger partial charge in [-0.3, -0.25) is 4.79 Å². The Hall–Kier alpha value is -0.840. The first-order valence-electron chi connectivity index (χ1n) is 3.81. The van der Waals surface area contributed by atoms with Gasteiger partial charge in [0.05, 0.1) is 12.4 Å². The molecule has 0 aromatic heterocycles. The van der Waals surface area contributed by atoms with Crippen LogP contribution in [0.15, 0.2) is 18.2 Å². The fourth-order valence-corrected chi connectivity index (χ4v) is 1.34. The van der Waals surface area contributed by atoms with Crippen molar-refractivity contribution >= 4 is 17.6 Å². The summed E-state index contributed by atoms with van der Waals surface area (Å²) in [5.41, 5.74) is 1.49. The van der Waals surface area contributed by atoms with Gasteiger partial charge in [-0.15, -0.1) is 0 Å². The fraction of sp³-hybridized carbons (Fsp3) is 0.111. The smallest absolute Gasteiger partial charge is 0.545 e. The van der Waals surface area contributed by atoms with Crippen LogP contribution in [0.4, 0.5) is 5.69 Å². The van der Waals surface area contributed by atoms with Crippen molar-refractivity contribution < 1.29 is 44.3 Å². The Kier molecular flexibility index (Phi) is 3.31. The van der Waals surface area contributed by atoms with E-state index in [0.717, 1.165) is 5.56 Å². The Morgan fingerprint density at radius 3 is 2.79 bits per heavy atom. The molecular formula is C9H6NNaO3. The number of carbonyl (C=O) groups excluding carboxylic acids is 2. The number of carboxylic acids is 1. The molecule has 0 radical (unpaired) electrons. The van der Waals surface area contributed by atoms with Gasteiger partial charge in [-0.25, -0.2) is 0 Å². The third-order valence-electron chi connectivity index (χ3n) is 1.97. The van der Waals surface area contributed by atoms with Crippen molar-refractivity contribution in [3.63, 3.8) is 0 Å². The second-order valence-corrected chi connectivity index (χ2v) is 2.88. The van der Waals surface area contributed by atoms with Crippen LogP contribution in [0, 0.1) is 0 Å². The van der Waals surface area contributed by atoms with Gasteiger partial charge in [0.15, 0.2) is 0 Å². The molecule has 1 aromatic rings. The number of carboxylic acid groups (broad SMARTS) is 1. The third-order valence-corrected chi connectivity index (χ3v) is 1.97. The maximum atomic E-state index is 10.9. The molecule has 0 spiro atoms. The van der Waals surface area contributed by atoms with Gasteiger partial charge in [0.2, 0.25) is 5.91 Å². The van der Waals surface area contributed by atoms with Gasteiger partial charge in [0, 0.05) is 5.69 Å². The van der Waals surface area contributed by atoms with Gasteiger partial charge in [-0.1, -0.05) is 12.1 Å². The van der Waals surface area contributed by atoms with E-state index < -0.39 is 5.97 Å².